The Bertz CT molecular complexity index is 647. The van der Waals surface area contributed by atoms with E-state index in [2.05, 4.69) is 14.7 Å². The zero-order valence-corrected chi connectivity index (χ0v) is 12.2. The maximum absolute atomic E-state index is 12.3. The molecule has 3 N–H and O–H groups in total. The first-order valence-electron chi connectivity index (χ1n) is 5.66. The fraction of sp³-hybridized carbons (Fsp3) is 0.364. The average Bonchev–Trinajstić information content (AvgIpc) is 2.96. The molecular weight excluding hydrogens is 286 g/mol. The molecule has 104 valence electrons. The lowest BCUT2D eigenvalue weighted by atomic mass is 10.3. The van der Waals surface area contributed by atoms with E-state index in [1.807, 2.05) is 0 Å². The summed E-state index contributed by atoms with van der Waals surface area (Å²) in [4.78, 5) is 8.38. The van der Waals surface area contributed by atoms with E-state index in [-0.39, 0.29) is 11.5 Å². The summed E-state index contributed by atoms with van der Waals surface area (Å²) in [5, 5.41) is 9.05. The third kappa shape index (κ3) is 3.03. The van der Waals surface area contributed by atoms with Crippen LogP contribution in [0.4, 0.5) is 0 Å². The predicted octanol–water partition coefficient (Wildman–Crippen LogP) is 1.31. The van der Waals surface area contributed by atoms with Crippen molar-refractivity contribution >= 4 is 21.4 Å². The van der Waals surface area contributed by atoms with Crippen LogP contribution in [0, 0.1) is 6.92 Å². The largest absolute Gasteiger partial charge is 0.391 e. The predicted molar refractivity (Wildman–Crippen MR) is 72.3 cm³/mol. The molecule has 8 heteroatoms. The number of aromatic nitrogens is 2. The highest BCUT2D eigenvalue weighted by atomic mass is 32.2. The summed E-state index contributed by atoms with van der Waals surface area (Å²) in [5.74, 6) is 0.554. The highest BCUT2D eigenvalue weighted by Gasteiger charge is 2.23. The fourth-order valence-electron chi connectivity index (χ4n) is 1.74. The molecule has 0 bridgehead atoms. The average molecular weight is 301 g/mol. The van der Waals surface area contributed by atoms with Crippen molar-refractivity contribution in [1.82, 2.24) is 14.7 Å². The van der Waals surface area contributed by atoms with E-state index >= 15 is 0 Å². The van der Waals surface area contributed by atoms with Crippen LogP contribution in [0.25, 0.3) is 0 Å². The number of imidazole rings is 1. The van der Waals surface area contributed by atoms with E-state index < -0.39 is 16.1 Å². The first kappa shape index (κ1) is 14.2. The van der Waals surface area contributed by atoms with Crippen LogP contribution in [0.1, 0.15) is 28.5 Å². The SMILES string of the molecule is Cc1sc(CO)cc1S(=O)(=O)NC(C)c1ncc[nH]1. The fourth-order valence-corrected chi connectivity index (χ4v) is 4.44. The monoisotopic (exact) mass is 301 g/mol. The van der Waals surface area contributed by atoms with Gasteiger partial charge < -0.3 is 10.1 Å². The summed E-state index contributed by atoms with van der Waals surface area (Å²) < 4.78 is 27.1. The maximum Gasteiger partial charge on any atom is 0.242 e. The van der Waals surface area contributed by atoms with Gasteiger partial charge >= 0.3 is 0 Å². The molecular formula is C11H15N3O3S2. The molecule has 0 aliphatic heterocycles. The minimum absolute atomic E-state index is 0.158. The van der Waals surface area contributed by atoms with Gasteiger partial charge in [-0.1, -0.05) is 0 Å². The van der Waals surface area contributed by atoms with Crippen LogP contribution < -0.4 is 4.72 Å². The number of rotatable bonds is 5. The molecule has 0 spiro atoms. The molecule has 0 saturated carbocycles. The van der Waals surface area contributed by atoms with Crippen molar-refractivity contribution < 1.29 is 13.5 Å². The van der Waals surface area contributed by atoms with Gasteiger partial charge in [-0.15, -0.1) is 11.3 Å². The van der Waals surface area contributed by atoms with Crippen molar-refractivity contribution in [2.45, 2.75) is 31.4 Å². The summed E-state index contributed by atoms with van der Waals surface area (Å²) in [5.41, 5.74) is 0. The number of aliphatic hydroxyl groups is 1. The number of nitrogens with one attached hydrogen (secondary N) is 2. The van der Waals surface area contributed by atoms with E-state index in [0.717, 1.165) is 0 Å². The zero-order chi connectivity index (χ0) is 14.0. The molecule has 1 atom stereocenters. The number of thiophene rings is 1. The standard InChI is InChI=1S/C11H15N3O3S2/c1-7(11-12-3-4-13-11)14-19(16,17)10-5-9(6-15)18-8(10)2/h3-5,7,14-15H,6H2,1-2H3,(H,12,13). The smallest absolute Gasteiger partial charge is 0.242 e. The Morgan fingerprint density at radius 2 is 2.32 bits per heavy atom. The van der Waals surface area contributed by atoms with Gasteiger partial charge in [0.05, 0.1) is 17.5 Å². The normalized spacial score (nSPS) is 13.6. The Hall–Kier alpha value is -1.22. The van der Waals surface area contributed by atoms with Crippen molar-refractivity contribution in [2.75, 3.05) is 0 Å². The number of sulfonamides is 1. The lowest BCUT2D eigenvalue weighted by Crippen LogP contribution is -2.27. The molecule has 0 aromatic carbocycles. The Labute approximate surface area is 115 Å². The summed E-state index contributed by atoms with van der Waals surface area (Å²) in [6.07, 6.45) is 3.21. The zero-order valence-electron chi connectivity index (χ0n) is 10.5. The lowest BCUT2D eigenvalue weighted by Gasteiger charge is -2.11. The molecule has 2 heterocycles. The molecule has 0 aliphatic carbocycles. The highest BCUT2D eigenvalue weighted by Crippen LogP contribution is 2.26. The van der Waals surface area contributed by atoms with Gasteiger partial charge in [0.1, 0.15) is 5.82 Å². The number of aliphatic hydroxyl groups excluding tert-OH is 1. The van der Waals surface area contributed by atoms with Crippen LogP contribution in [0.3, 0.4) is 0 Å². The van der Waals surface area contributed by atoms with Gasteiger partial charge in [-0.25, -0.2) is 18.1 Å². The molecule has 0 amide bonds. The quantitative estimate of drug-likeness (QED) is 0.776. The molecule has 2 aromatic heterocycles. The van der Waals surface area contributed by atoms with Crippen molar-refractivity contribution in [3.8, 4) is 0 Å². The molecule has 6 nitrogen and oxygen atoms in total. The summed E-state index contributed by atoms with van der Waals surface area (Å²) in [6, 6.07) is 1.05. The molecule has 2 rings (SSSR count). The van der Waals surface area contributed by atoms with Gasteiger partial charge in [-0.05, 0) is 19.9 Å². The summed E-state index contributed by atoms with van der Waals surface area (Å²) >= 11 is 1.27. The maximum atomic E-state index is 12.3. The number of hydrogen-bond donors (Lipinski definition) is 3. The van der Waals surface area contributed by atoms with Crippen LogP contribution in [0.2, 0.25) is 0 Å². The Kier molecular flexibility index (Phi) is 4.04. The first-order chi connectivity index (χ1) is 8.94. The number of hydrogen-bond acceptors (Lipinski definition) is 5. The second-order valence-electron chi connectivity index (χ2n) is 4.11. The van der Waals surface area contributed by atoms with E-state index in [1.165, 1.54) is 17.4 Å². The molecule has 0 radical (unpaired) electrons. The van der Waals surface area contributed by atoms with Gasteiger partial charge in [0, 0.05) is 22.1 Å². The van der Waals surface area contributed by atoms with Crippen LogP contribution in [0.15, 0.2) is 23.4 Å². The molecule has 0 saturated heterocycles. The number of H-pyrrole nitrogens is 1. The van der Waals surface area contributed by atoms with Gasteiger partial charge in [0.25, 0.3) is 0 Å². The van der Waals surface area contributed by atoms with Crippen LogP contribution in [0.5, 0.6) is 0 Å². The van der Waals surface area contributed by atoms with Crippen LogP contribution in [-0.2, 0) is 16.6 Å². The molecule has 1 unspecified atom stereocenters. The van der Waals surface area contributed by atoms with Gasteiger partial charge in [-0.2, -0.15) is 0 Å². The topological polar surface area (TPSA) is 95.1 Å². The van der Waals surface area contributed by atoms with Gasteiger partial charge in [0.15, 0.2) is 0 Å². The number of nitrogens with zero attached hydrogens (tertiary/aromatic N) is 1. The van der Waals surface area contributed by atoms with E-state index in [4.69, 9.17) is 5.11 Å². The second-order valence-corrected chi connectivity index (χ2v) is 7.13. The van der Waals surface area contributed by atoms with Crippen molar-refractivity contribution in [1.29, 1.82) is 0 Å². The first-order valence-corrected chi connectivity index (χ1v) is 7.96. The number of aryl methyl sites for hydroxylation is 1. The Balaban J connectivity index is 2.25. The minimum atomic E-state index is -3.62. The molecule has 19 heavy (non-hydrogen) atoms. The second kappa shape index (κ2) is 5.41. The lowest BCUT2D eigenvalue weighted by molar-refractivity contribution is 0.285. The molecule has 2 aromatic rings. The Morgan fingerprint density at radius 3 is 2.84 bits per heavy atom. The molecule has 0 aliphatic rings. The van der Waals surface area contributed by atoms with Gasteiger partial charge in [0.2, 0.25) is 10.0 Å². The number of aromatic amines is 1. The minimum Gasteiger partial charge on any atom is -0.391 e. The van der Waals surface area contributed by atoms with Crippen molar-refractivity contribution in [2.24, 2.45) is 0 Å². The van der Waals surface area contributed by atoms with Crippen molar-refractivity contribution in [3.63, 3.8) is 0 Å². The third-order valence-corrected chi connectivity index (χ3v) is 5.46. The Morgan fingerprint density at radius 1 is 1.58 bits per heavy atom. The van der Waals surface area contributed by atoms with Crippen LogP contribution in [-0.4, -0.2) is 23.5 Å². The van der Waals surface area contributed by atoms with E-state index in [0.29, 0.717) is 15.6 Å². The summed E-state index contributed by atoms with van der Waals surface area (Å²) in [6.45, 7) is 3.27. The highest BCUT2D eigenvalue weighted by molar-refractivity contribution is 7.89. The van der Waals surface area contributed by atoms with E-state index in [1.54, 1.807) is 26.2 Å². The van der Waals surface area contributed by atoms with Gasteiger partial charge in [-0.3, -0.25) is 0 Å². The summed E-state index contributed by atoms with van der Waals surface area (Å²) in [7, 11) is -3.62. The third-order valence-electron chi connectivity index (χ3n) is 2.63. The van der Waals surface area contributed by atoms with Crippen molar-refractivity contribution in [3.05, 3.63) is 34.0 Å². The van der Waals surface area contributed by atoms with Crippen LogP contribution >= 0.6 is 11.3 Å². The molecule has 0 fully saturated rings. The van der Waals surface area contributed by atoms with E-state index in [9.17, 15) is 8.42 Å².